The van der Waals surface area contributed by atoms with Crippen LogP contribution in [0.5, 0.6) is 0 Å². The molecule has 2 atom stereocenters. The predicted molar refractivity (Wildman–Crippen MR) is 70.0 cm³/mol. The monoisotopic (exact) mass is 248 g/mol. The Hall–Kier alpha value is -1.39. The SMILES string of the molecule is O=C(N[C@H](CO)c1ccccc1)C1CCCNC1. The zero-order valence-electron chi connectivity index (χ0n) is 10.4. The molecular weight excluding hydrogens is 228 g/mol. The number of aliphatic hydroxyl groups excluding tert-OH is 1. The molecule has 1 fully saturated rings. The summed E-state index contributed by atoms with van der Waals surface area (Å²) in [4.78, 5) is 12.1. The lowest BCUT2D eigenvalue weighted by molar-refractivity contribution is -0.126. The average Bonchev–Trinajstić information content (AvgIpc) is 2.46. The lowest BCUT2D eigenvalue weighted by atomic mass is 9.98. The topological polar surface area (TPSA) is 61.4 Å². The molecule has 4 heteroatoms. The van der Waals surface area contributed by atoms with Gasteiger partial charge < -0.3 is 15.7 Å². The minimum atomic E-state index is -0.305. The Kier molecular flexibility index (Phi) is 4.73. The third kappa shape index (κ3) is 3.31. The number of nitrogens with one attached hydrogen (secondary N) is 2. The van der Waals surface area contributed by atoms with Gasteiger partial charge in [0.1, 0.15) is 0 Å². The van der Waals surface area contributed by atoms with Crippen molar-refractivity contribution < 1.29 is 9.90 Å². The van der Waals surface area contributed by atoms with Gasteiger partial charge in [0.25, 0.3) is 0 Å². The molecule has 1 aliphatic heterocycles. The summed E-state index contributed by atoms with van der Waals surface area (Å²) in [5.41, 5.74) is 0.942. The average molecular weight is 248 g/mol. The van der Waals surface area contributed by atoms with Crippen LogP contribution in [0.2, 0.25) is 0 Å². The first-order valence-electron chi connectivity index (χ1n) is 6.48. The van der Waals surface area contributed by atoms with Crippen molar-refractivity contribution in [2.75, 3.05) is 19.7 Å². The van der Waals surface area contributed by atoms with Crippen LogP contribution in [0.25, 0.3) is 0 Å². The Labute approximate surface area is 107 Å². The van der Waals surface area contributed by atoms with Crippen LogP contribution in [0.3, 0.4) is 0 Å². The van der Waals surface area contributed by atoms with E-state index in [9.17, 15) is 9.90 Å². The Bertz CT molecular complexity index is 375. The van der Waals surface area contributed by atoms with Gasteiger partial charge >= 0.3 is 0 Å². The molecule has 2 rings (SSSR count). The van der Waals surface area contributed by atoms with Gasteiger partial charge in [0, 0.05) is 6.54 Å². The molecule has 0 bridgehead atoms. The molecule has 4 nitrogen and oxygen atoms in total. The van der Waals surface area contributed by atoms with Crippen molar-refractivity contribution in [2.24, 2.45) is 5.92 Å². The van der Waals surface area contributed by atoms with Crippen molar-refractivity contribution in [3.8, 4) is 0 Å². The number of rotatable bonds is 4. The summed E-state index contributed by atoms with van der Waals surface area (Å²) in [6.07, 6.45) is 1.96. The van der Waals surface area contributed by atoms with Crippen molar-refractivity contribution in [3.05, 3.63) is 35.9 Å². The van der Waals surface area contributed by atoms with Crippen molar-refractivity contribution in [1.82, 2.24) is 10.6 Å². The highest BCUT2D eigenvalue weighted by Gasteiger charge is 2.23. The molecule has 0 saturated carbocycles. The fourth-order valence-corrected chi connectivity index (χ4v) is 2.28. The highest BCUT2D eigenvalue weighted by molar-refractivity contribution is 5.79. The van der Waals surface area contributed by atoms with E-state index in [4.69, 9.17) is 0 Å². The molecule has 1 aromatic rings. The third-order valence-corrected chi connectivity index (χ3v) is 3.37. The zero-order chi connectivity index (χ0) is 12.8. The second-order valence-corrected chi connectivity index (χ2v) is 4.70. The molecule has 0 aromatic heterocycles. The molecule has 1 unspecified atom stereocenters. The van der Waals surface area contributed by atoms with E-state index in [0.29, 0.717) is 0 Å². The van der Waals surface area contributed by atoms with Gasteiger partial charge in [0.15, 0.2) is 0 Å². The summed E-state index contributed by atoms with van der Waals surface area (Å²) >= 11 is 0. The van der Waals surface area contributed by atoms with Gasteiger partial charge in [-0.25, -0.2) is 0 Å². The maximum atomic E-state index is 12.1. The summed E-state index contributed by atoms with van der Waals surface area (Å²) in [7, 11) is 0. The standard InChI is InChI=1S/C14H20N2O2/c17-10-13(11-5-2-1-3-6-11)16-14(18)12-7-4-8-15-9-12/h1-3,5-6,12-13,15,17H,4,7-10H2,(H,16,18)/t12?,13-/m1/s1. The number of hydrogen-bond acceptors (Lipinski definition) is 3. The largest absolute Gasteiger partial charge is 0.394 e. The van der Waals surface area contributed by atoms with Gasteiger partial charge in [-0.15, -0.1) is 0 Å². The molecular formula is C14H20N2O2. The first kappa shape index (κ1) is 13.1. The van der Waals surface area contributed by atoms with Crippen LogP contribution in [-0.4, -0.2) is 30.7 Å². The molecule has 1 aromatic carbocycles. The van der Waals surface area contributed by atoms with Crippen LogP contribution >= 0.6 is 0 Å². The second-order valence-electron chi connectivity index (χ2n) is 4.70. The van der Waals surface area contributed by atoms with Crippen LogP contribution in [0.1, 0.15) is 24.4 Å². The number of carbonyl (C=O) groups is 1. The number of benzene rings is 1. The number of carbonyl (C=O) groups excluding carboxylic acids is 1. The van der Waals surface area contributed by atoms with E-state index < -0.39 is 0 Å². The molecule has 3 N–H and O–H groups in total. The van der Waals surface area contributed by atoms with E-state index in [-0.39, 0.29) is 24.5 Å². The summed E-state index contributed by atoms with van der Waals surface area (Å²) in [6, 6.07) is 9.27. The maximum absolute atomic E-state index is 12.1. The van der Waals surface area contributed by atoms with Crippen molar-refractivity contribution in [2.45, 2.75) is 18.9 Å². The fourth-order valence-electron chi connectivity index (χ4n) is 2.28. The summed E-state index contributed by atoms with van der Waals surface area (Å²) in [6.45, 7) is 1.65. The summed E-state index contributed by atoms with van der Waals surface area (Å²) in [5.74, 6) is 0.0571. The summed E-state index contributed by atoms with van der Waals surface area (Å²) in [5, 5.41) is 15.5. The Morgan fingerprint density at radius 1 is 1.44 bits per heavy atom. The predicted octanol–water partition coefficient (Wildman–Crippen LogP) is 0.836. The number of aliphatic hydroxyl groups is 1. The molecule has 1 saturated heterocycles. The molecule has 0 aliphatic carbocycles. The lowest BCUT2D eigenvalue weighted by Crippen LogP contribution is -2.42. The zero-order valence-corrected chi connectivity index (χ0v) is 10.4. The van der Waals surface area contributed by atoms with Gasteiger partial charge in [-0.3, -0.25) is 4.79 Å². The van der Waals surface area contributed by atoms with E-state index >= 15 is 0 Å². The number of amides is 1. The van der Waals surface area contributed by atoms with E-state index in [1.54, 1.807) is 0 Å². The van der Waals surface area contributed by atoms with Gasteiger partial charge in [-0.05, 0) is 24.9 Å². The Morgan fingerprint density at radius 3 is 2.83 bits per heavy atom. The van der Waals surface area contributed by atoms with Crippen LogP contribution in [0.15, 0.2) is 30.3 Å². The first-order valence-corrected chi connectivity index (χ1v) is 6.48. The molecule has 1 aliphatic rings. The highest BCUT2D eigenvalue weighted by atomic mass is 16.3. The Balaban J connectivity index is 1.95. The molecule has 1 heterocycles. The minimum Gasteiger partial charge on any atom is -0.394 e. The van der Waals surface area contributed by atoms with E-state index in [1.807, 2.05) is 30.3 Å². The number of piperidine rings is 1. The first-order chi connectivity index (χ1) is 8.81. The van der Waals surface area contributed by atoms with Crippen LogP contribution in [0.4, 0.5) is 0 Å². The van der Waals surface area contributed by atoms with Crippen molar-refractivity contribution in [3.63, 3.8) is 0 Å². The van der Waals surface area contributed by atoms with Crippen molar-refractivity contribution >= 4 is 5.91 Å². The number of hydrogen-bond donors (Lipinski definition) is 3. The van der Waals surface area contributed by atoms with Crippen LogP contribution in [0, 0.1) is 5.92 Å². The molecule has 98 valence electrons. The fraction of sp³-hybridized carbons (Fsp3) is 0.500. The molecule has 0 spiro atoms. The second kappa shape index (κ2) is 6.52. The van der Waals surface area contributed by atoms with E-state index in [2.05, 4.69) is 10.6 Å². The lowest BCUT2D eigenvalue weighted by Gasteiger charge is -2.25. The van der Waals surface area contributed by atoms with E-state index in [0.717, 1.165) is 31.5 Å². The van der Waals surface area contributed by atoms with Crippen molar-refractivity contribution in [1.29, 1.82) is 0 Å². The molecule has 18 heavy (non-hydrogen) atoms. The van der Waals surface area contributed by atoms with Gasteiger partial charge in [0.05, 0.1) is 18.6 Å². The third-order valence-electron chi connectivity index (χ3n) is 3.37. The van der Waals surface area contributed by atoms with Gasteiger partial charge in [-0.2, -0.15) is 0 Å². The smallest absolute Gasteiger partial charge is 0.224 e. The highest BCUT2D eigenvalue weighted by Crippen LogP contribution is 2.15. The van der Waals surface area contributed by atoms with Crippen LogP contribution in [-0.2, 0) is 4.79 Å². The van der Waals surface area contributed by atoms with Gasteiger partial charge in [-0.1, -0.05) is 30.3 Å². The quantitative estimate of drug-likeness (QED) is 0.740. The van der Waals surface area contributed by atoms with Gasteiger partial charge in [0.2, 0.25) is 5.91 Å². The van der Waals surface area contributed by atoms with Crippen LogP contribution < -0.4 is 10.6 Å². The Morgan fingerprint density at radius 2 is 2.22 bits per heavy atom. The van der Waals surface area contributed by atoms with E-state index in [1.165, 1.54) is 0 Å². The molecule has 1 amide bonds. The summed E-state index contributed by atoms with van der Waals surface area (Å²) < 4.78 is 0. The molecule has 0 radical (unpaired) electrons. The normalized spacial score (nSPS) is 21.3. The maximum Gasteiger partial charge on any atom is 0.224 e. The minimum absolute atomic E-state index is 0.0245.